The van der Waals surface area contributed by atoms with Gasteiger partial charge in [-0.3, -0.25) is 0 Å². The Morgan fingerprint density at radius 2 is 1.30 bits per heavy atom. The van der Waals surface area contributed by atoms with Crippen LogP contribution in [0.5, 0.6) is 0 Å². The Labute approximate surface area is 162 Å². The van der Waals surface area contributed by atoms with Gasteiger partial charge in [0.2, 0.25) is 0 Å². The second-order valence-electron chi connectivity index (χ2n) is 8.07. The van der Waals surface area contributed by atoms with E-state index in [4.69, 9.17) is 0 Å². The van der Waals surface area contributed by atoms with E-state index < -0.39 is 0 Å². The molecule has 0 radical (unpaired) electrons. The summed E-state index contributed by atoms with van der Waals surface area (Å²) in [5, 5.41) is 0. The van der Waals surface area contributed by atoms with Gasteiger partial charge in [-0.2, -0.15) is 0 Å². The quantitative estimate of drug-likeness (QED) is 0.463. The number of nitrogens with zero attached hydrogens (tertiary/aromatic N) is 1. The van der Waals surface area contributed by atoms with Gasteiger partial charge in [-0.1, -0.05) is 48.0 Å². The van der Waals surface area contributed by atoms with E-state index >= 15 is 0 Å². The lowest BCUT2D eigenvalue weighted by Gasteiger charge is -2.34. The standard InChI is InChI=1S/C26H27N/c1-19-16-17-25-22(18-19)12-6-11-21-9-3-5-14-24(21)27(25)26-15-7-10-20-8-2-4-13-23(20)26/h3,5,7,9-10,14-18H,2,4,6,8,11-13H2,1H3. The predicted octanol–water partition coefficient (Wildman–Crippen LogP) is 6.83. The number of para-hydroxylation sites is 1. The summed E-state index contributed by atoms with van der Waals surface area (Å²) in [6.45, 7) is 2.21. The summed E-state index contributed by atoms with van der Waals surface area (Å²) in [4.78, 5) is 2.56. The topological polar surface area (TPSA) is 3.24 Å². The minimum absolute atomic E-state index is 1.15. The molecule has 1 heterocycles. The molecule has 0 spiro atoms. The molecular formula is C26H27N. The molecule has 0 bridgehead atoms. The van der Waals surface area contributed by atoms with Gasteiger partial charge in [0.15, 0.2) is 0 Å². The molecule has 0 aromatic heterocycles. The van der Waals surface area contributed by atoms with Crippen LogP contribution in [0.1, 0.15) is 47.1 Å². The molecule has 27 heavy (non-hydrogen) atoms. The van der Waals surface area contributed by atoms with Gasteiger partial charge in [-0.05, 0) is 92.3 Å². The Bertz CT molecular complexity index is 985. The Balaban J connectivity index is 1.78. The van der Waals surface area contributed by atoms with Gasteiger partial charge < -0.3 is 4.90 Å². The van der Waals surface area contributed by atoms with Crippen LogP contribution >= 0.6 is 0 Å². The van der Waals surface area contributed by atoms with Gasteiger partial charge in [-0.15, -0.1) is 0 Å². The van der Waals surface area contributed by atoms with Gasteiger partial charge >= 0.3 is 0 Å². The third kappa shape index (κ3) is 2.96. The van der Waals surface area contributed by atoms with Crippen LogP contribution in [0.15, 0.2) is 60.7 Å². The van der Waals surface area contributed by atoms with Gasteiger partial charge in [0.25, 0.3) is 0 Å². The largest absolute Gasteiger partial charge is 0.310 e. The third-order valence-electron chi connectivity index (χ3n) is 6.21. The number of aryl methyl sites for hydroxylation is 4. The Morgan fingerprint density at radius 3 is 2.26 bits per heavy atom. The van der Waals surface area contributed by atoms with Crippen LogP contribution < -0.4 is 4.90 Å². The zero-order chi connectivity index (χ0) is 18.2. The normalized spacial score (nSPS) is 16.0. The molecule has 136 valence electrons. The first-order valence-electron chi connectivity index (χ1n) is 10.4. The molecule has 3 aromatic rings. The van der Waals surface area contributed by atoms with Crippen molar-refractivity contribution < 1.29 is 0 Å². The highest BCUT2D eigenvalue weighted by molar-refractivity contribution is 5.83. The fraction of sp³-hybridized carbons (Fsp3) is 0.308. The lowest BCUT2D eigenvalue weighted by atomic mass is 9.88. The van der Waals surface area contributed by atoms with E-state index in [0.717, 1.165) is 12.8 Å². The number of rotatable bonds is 1. The van der Waals surface area contributed by atoms with E-state index in [9.17, 15) is 0 Å². The highest BCUT2D eigenvalue weighted by Gasteiger charge is 2.24. The van der Waals surface area contributed by atoms with Crippen LogP contribution in [-0.4, -0.2) is 0 Å². The van der Waals surface area contributed by atoms with Crippen molar-refractivity contribution in [1.29, 1.82) is 0 Å². The van der Waals surface area contributed by atoms with E-state index in [1.165, 1.54) is 65.9 Å². The number of hydrogen-bond acceptors (Lipinski definition) is 1. The van der Waals surface area contributed by atoms with Gasteiger partial charge in [-0.25, -0.2) is 0 Å². The maximum atomic E-state index is 2.56. The number of hydrogen-bond donors (Lipinski definition) is 0. The van der Waals surface area contributed by atoms with Crippen LogP contribution in [0.2, 0.25) is 0 Å². The second-order valence-corrected chi connectivity index (χ2v) is 8.07. The van der Waals surface area contributed by atoms with Crippen molar-refractivity contribution in [2.75, 3.05) is 4.90 Å². The summed E-state index contributed by atoms with van der Waals surface area (Å²) in [5.41, 5.74) is 11.5. The summed E-state index contributed by atoms with van der Waals surface area (Å²) in [7, 11) is 0. The molecule has 0 saturated carbocycles. The molecule has 5 rings (SSSR count). The monoisotopic (exact) mass is 353 g/mol. The first-order valence-corrected chi connectivity index (χ1v) is 10.4. The molecule has 0 amide bonds. The smallest absolute Gasteiger partial charge is 0.0496 e. The molecule has 1 aliphatic carbocycles. The first-order chi connectivity index (χ1) is 13.3. The van der Waals surface area contributed by atoms with Crippen LogP contribution in [0, 0.1) is 6.92 Å². The van der Waals surface area contributed by atoms with Gasteiger partial charge in [0.1, 0.15) is 0 Å². The van der Waals surface area contributed by atoms with Crippen molar-refractivity contribution in [2.45, 2.75) is 51.9 Å². The summed E-state index contributed by atoms with van der Waals surface area (Å²) in [5.74, 6) is 0. The van der Waals surface area contributed by atoms with Crippen LogP contribution in [-0.2, 0) is 25.7 Å². The van der Waals surface area contributed by atoms with Crippen molar-refractivity contribution in [3.05, 3.63) is 88.5 Å². The molecule has 0 atom stereocenters. The molecule has 0 saturated heterocycles. The van der Waals surface area contributed by atoms with Gasteiger partial charge in [0, 0.05) is 17.1 Å². The number of benzene rings is 3. The molecular weight excluding hydrogens is 326 g/mol. The molecule has 1 aliphatic heterocycles. The molecule has 3 aromatic carbocycles. The lowest BCUT2D eigenvalue weighted by molar-refractivity contribution is 0.685. The molecule has 2 aliphatic rings. The highest BCUT2D eigenvalue weighted by atomic mass is 15.1. The predicted molar refractivity (Wildman–Crippen MR) is 115 cm³/mol. The maximum Gasteiger partial charge on any atom is 0.0496 e. The van der Waals surface area contributed by atoms with Crippen LogP contribution in [0.3, 0.4) is 0 Å². The summed E-state index contributed by atoms with van der Waals surface area (Å²) in [6, 6.07) is 23.0. The van der Waals surface area contributed by atoms with Crippen molar-refractivity contribution in [3.8, 4) is 0 Å². The highest BCUT2D eigenvalue weighted by Crippen LogP contribution is 2.44. The molecule has 0 N–H and O–H groups in total. The average molecular weight is 354 g/mol. The van der Waals surface area contributed by atoms with Gasteiger partial charge in [0.05, 0.1) is 0 Å². The minimum Gasteiger partial charge on any atom is -0.310 e. The van der Waals surface area contributed by atoms with Crippen LogP contribution in [0.25, 0.3) is 0 Å². The third-order valence-corrected chi connectivity index (χ3v) is 6.21. The number of fused-ring (bicyclic) bond motifs is 3. The summed E-state index contributed by atoms with van der Waals surface area (Å²) in [6.07, 6.45) is 8.56. The fourth-order valence-electron chi connectivity index (χ4n) is 4.90. The first kappa shape index (κ1) is 16.6. The van der Waals surface area contributed by atoms with E-state index in [1.54, 1.807) is 11.1 Å². The van der Waals surface area contributed by atoms with Crippen LogP contribution in [0.4, 0.5) is 17.1 Å². The average Bonchev–Trinajstić information content (AvgIpc) is 2.69. The second kappa shape index (κ2) is 6.88. The summed E-state index contributed by atoms with van der Waals surface area (Å²) < 4.78 is 0. The zero-order valence-electron chi connectivity index (χ0n) is 16.2. The Morgan fingerprint density at radius 1 is 0.593 bits per heavy atom. The SMILES string of the molecule is Cc1ccc2c(c1)CCCc1ccccc1N2c1cccc2c1CCCC2. The van der Waals surface area contributed by atoms with Crippen molar-refractivity contribution in [3.63, 3.8) is 0 Å². The number of anilines is 3. The zero-order valence-corrected chi connectivity index (χ0v) is 16.2. The maximum absolute atomic E-state index is 2.56. The van der Waals surface area contributed by atoms with Crippen molar-refractivity contribution in [2.24, 2.45) is 0 Å². The molecule has 0 fully saturated rings. The summed E-state index contributed by atoms with van der Waals surface area (Å²) >= 11 is 0. The molecule has 1 heteroatoms. The lowest BCUT2D eigenvalue weighted by Crippen LogP contribution is -2.19. The minimum atomic E-state index is 1.15. The van der Waals surface area contributed by atoms with E-state index in [1.807, 2.05) is 0 Å². The van der Waals surface area contributed by atoms with Crippen molar-refractivity contribution in [1.82, 2.24) is 0 Å². The molecule has 0 unspecified atom stereocenters. The van der Waals surface area contributed by atoms with E-state index in [0.29, 0.717) is 0 Å². The van der Waals surface area contributed by atoms with E-state index in [-0.39, 0.29) is 0 Å². The Kier molecular flexibility index (Phi) is 4.24. The molecule has 1 nitrogen and oxygen atoms in total. The Hall–Kier alpha value is -2.54. The fourth-order valence-corrected chi connectivity index (χ4v) is 4.90. The van der Waals surface area contributed by atoms with Crippen molar-refractivity contribution >= 4 is 17.1 Å². The van der Waals surface area contributed by atoms with E-state index in [2.05, 4.69) is 72.5 Å².